The van der Waals surface area contributed by atoms with Gasteiger partial charge in [0.05, 0.1) is 17.9 Å². The van der Waals surface area contributed by atoms with E-state index in [0.29, 0.717) is 16.3 Å². The molecule has 0 saturated heterocycles. The molecular formula is C16H10ClFN4O3. The molecule has 1 aliphatic rings. The number of amidine groups is 1. The maximum absolute atomic E-state index is 14.2. The van der Waals surface area contributed by atoms with Gasteiger partial charge in [0.15, 0.2) is 10.9 Å². The second kappa shape index (κ2) is 6.78. The number of nitro groups is 1. The van der Waals surface area contributed by atoms with E-state index in [9.17, 15) is 14.5 Å². The summed E-state index contributed by atoms with van der Waals surface area (Å²) in [6.45, 7) is -0.254. The minimum absolute atomic E-state index is 0.151. The predicted octanol–water partition coefficient (Wildman–Crippen LogP) is 3.47. The summed E-state index contributed by atoms with van der Waals surface area (Å²) in [7, 11) is 0. The first-order chi connectivity index (χ1) is 12.0. The van der Waals surface area contributed by atoms with E-state index in [-0.39, 0.29) is 23.5 Å². The standard InChI is InChI=1S/C16H10ClFN4O3/c17-9-5-6-13-11(7-9)15(10-3-1-2-4-12(10)18)19-8-14(20-13)16(21-23)22(24)25/h1-7,23H,8H2/b21-16+. The quantitative estimate of drug-likeness (QED) is 0.292. The van der Waals surface area contributed by atoms with Crippen molar-refractivity contribution in [3.05, 3.63) is 74.5 Å². The number of rotatable bonds is 2. The van der Waals surface area contributed by atoms with Crippen LogP contribution in [0.5, 0.6) is 0 Å². The number of halogens is 2. The summed E-state index contributed by atoms with van der Waals surface area (Å²) in [5, 5.41) is 23.0. The number of hydrogen-bond donors (Lipinski definition) is 1. The Labute approximate surface area is 145 Å². The van der Waals surface area contributed by atoms with E-state index < -0.39 is 16.6 Å². The molecule has 0 unspecified atom stereocenters. The highest BCUT2D eigenvalue weighted by Gasteiger charge is 2.26. The summed E-state index contributed by atoms with van der Waals surface area (Å²) < 4.78 is 14.2. The molecule has 0 saturated carbocycles. The smallest absolute Gasteiger partial charge is 0.358 e. The van der Waals surface area contributed by atoms with E-state index in [1.165, 1.54) is 12.1 Å². The molecule has 1 heterocycles. The Kier molecular flexibility index (Phi) is 4.53. The highest BCUT2D eigenvalue weighted by Crippen LogP contribution is 2.29. The van der Waals surface area contributed by atoms with Crippen molar-refractivity contribution in [2.45, 2.75) is 0 Å². The number of benzene rings is 2. The number of aliphatic imine (C=N–C) groups is 2. The lowest BCUT2D eigenvalue weighted by molar-refractivity contribution is -0.348. The van der Waals surface area contributed by atoms with Gasteiger partial charge in [-0.05, 0) is 35.3 Å². The summed E-state index contributed by atoms with van der Waals surface area (Å²) in [5.74, 6) is -1.32. The van der Waals surface area contributed by atoms with Gasteiger partial charge in [0.2, 0.25) is 0 Å². The van der Waals surface area contributed by atoms with Crippen molar-refractivity contribution in [3.8, 4) is 0 Å². The van der Waals surface area contributed by atoms with Crippen molar-refractivity contribution in [2.75, 3.05) is 6.54 Å². The van der Waals surface area contributed by atoms with Crippen LogP contribution in [0.3, 0.4) is 0 Å². The fourth-order valence-corrected chi connectivity index (χ4v) is 2.59. The molecule has 0 amide bonds. The summed E-state index contributed by atoms with van der Waals surface area (Å²) in [5.41, 5.74) is 1.05. The molecule has 9 heteroatoms. The molecule has 1 N–H and O–H groups in total. The molecule has 2 aromatic rings. The van der Waals surface area contributed by atoms with Gasteiger partial charge in [-0.25, -0.2) is 9.38 Å². The van der Waals surface area contributed by atoms with E-state index in [1.807, 2.05) is 0 Å². The first kappa shape index (κ1) is 16.7. The summed E-state index contributed by atoms with van der Waals surface area (Å²) in [4.78, 5) is 18.6. The monoisotopic (exact) mass is 360 g/mol. The van der Waals surface area contributed by atoms with E-state index in [1.54, 1.807) is 30.3 Å². The SMILES string of the molecule is O=[N+]([O-])/C(=N/O)C1=Nc2ccc(Cl)cc2C(c2ccccc2F)=NC1. The first-order valence-corrected chi connectivity index (χ1v) is 7.42. The fraction of sp³-hybridized carbons (Fsp3) is 0.0625. The third-order valence-corrected chi connectivity index (χ3v) is 3.75. The molecule has 0 aliphatic carbocycles. The van der Waals surface area contributed by atoms with Crippen LogP contribution in [-0.4, -0.2) is 33.9 Å². The lowest BCUT2D eigenvalue weighted by atomic mass is 10.0. The van der Waals surface area contributed by atoms with Crippen LogP contribution in [0.1, 0.15) is 11.1 Å². The van der Waals surface area contributed by atoms with Gasteiger partial charge in [-0.3, -0.25) is 4.99 Å². The average Bonchev–Trinajstić information content (AvgIpc) is 2.75. The first-order valence-electron chi connectivity index (χ1n) is 7.05. The molecule has 0 spiro atoms. The number of oxime groups is 1. The molecule has 0 atom stereocenters. The van der Waals surface area contributed by atoms with Gasteiger partial charge in [0.1, 0.15) is 5.82 Å². The van der Waals surface area contributed by atoms with Gasteiger partial charge in [-0.2, -0.15) is 0 Å². The minimum Gasteiger partial charge on any atom is -0.358 e. The lowest BCUT2D eigenvalue weighted by Crippen LogP contribution is -2.25. The van der Waals surface area contributed by atoms with Crippen molar-refractivity contribution in [1.82, 2.24) is 0 Å². The molecule has 0 fully saturated rings. The van der Waals surface area contributed by atoms with Crippen LogP contribution < -0.4 is 0 Å². The summed E-state index contributed by atoms with van der Waals surface area (Å²) >= 11 is 6.03. The number of fused-ring (bicyclic) bond motifs is 1. The second-order valence-corrected chi connectivity index (χ2v) is 5.48. The average molecular weight is 361 g/mol. The third-order valence-electron chi connectivity index (χ3n) is 3.51. The molecule has 126 valence electrons. The Hall–Kier alpha value is -3.13. The van der Waals surface area contributed by atoms with Gasteiger partial charge >= 0.3 is 5.84 Å². The van der Waals surface area contributed by atoms with Gasteiger partial charge in [0.25, 0.3) is 0 Å². The van der Waals surface area contributed by atoms with Crippen molar-refractivity contribution in [2.24, 2.45) is 15.1 Å². The van der Waals surface area contributed by atoms with Gasteiger partial charge in [-0.1, -0.05) is 23.7 Å². The van der Waals surface area contributed by atoms with E-state index in [4.69, 9.17) is 16.8 Å². The zero-order chi connectivity index (χ0) is 18.0. The third kappa shape index (κ3) is 3.24. The van der Waals surface area contributed by atoms with E-state index in [0.717, 1.165) is 0 Å². The maximum atomic E-state index is 14.2. The topological polar surface area (TPSA) is 100 Å². The molecule has 1 aliphatic heterocycles. The number of nitrogens with zero attached hydrogens (tertiary/aromatic N) is 4. The second-order valence-electron chi connectivity index (χ2n) is 5.05. The van der Waals surface area contributed by atoms with Crippen LogP contribution in [0.25, 0.3) is 0 Å². The van der Waals surface area contributed by atoms with Crippen LogP contribution in [0.2, 0.25) is 5.02 Å². The molecule has 0 bridgehead atoms. The Morgan fingerprint density at radius 3 is 2.72 bits per heavy atom. The highest BCUT2D eigenvalue weighted by atomic mass is 35.5. The molecule has 2 aromatic carbocycles. The number of hydrogen-bond acceptors (Lipinski definition) is 6. The molecule has 0 radical (unpaired) electrons. The zero-order valence-electron chi connectivity index (χ0n) is 12.6. The van der Waals surface area contributed by atoms with Gasteiger partial charge in [0, 0.05) is 16.1 Å². The van der Waals surface area contributed by atoms with Crippen molar-refractivity contribution in [1.29, 1.82) is 0 Å². The minimum atomic E-state index is -0.863. The maximum Gasteiger partial charge on any atom is 0.432 e. The molecular weight excluding hydrogens is 351 g/mol. The van der Waals surface area contributed by atoms with Crippen molar-refractivity contribution < 1.29 is 14.5 Å². The Balaban J connectivity index is 2.22. The predicted molar refractivity (Wildman–Crippen MR) is 91.7 cm³/mol. The fourth-order valence-electron chi connectivity index (χ4n) is 2.42. The van der Waals surface area contributed by atoms with Crippen LogP contribution in [0.4, 0.5) is 10.1 Å². The lowest BCUT2D eigenvalue weighted by Gasteiger charge is -2.09. The normalized spacial score (nSPS) is 14.2. The van der Waals surface area contributed by atoms with Crippen molar-refractivity contribution >= 4 is 34.5 Å². The highest BCUT2D eigenvalue weighted by molar-refractivity contribution is 6.40. The molecule has 7 nitrogen and oxygen atoms in total. The van der Waals surface area contributed by atoms with E-state index >= 15 is 0 Å². The molecule has 25 heavy (non-hydrogen) atoms. The molecule has 3 rings (SSSR count). The Bertz CT molecular complexity index is 956. The largest absolute Gasteiger partial charge is 0.432 e. The van der Waals surface area contributed by atoms with Crippen LogP contribution >= 0.6 is 11.6 Å². The Morgan fingerprint density at radius 2 is 2.04 bits per heavy atom. The van der Waals surface area contributed by atoms with E-state index in [2.05, 4.69) is 15.1 Å². The zero-order valence-corrected chi connectivity index (χ0v) is 13.3. The summed E-state index contributed by atoms with van der Waals surface area (Å²) in [6.07, 6.45) is 0. The van der Waals surface area contributed by atoms with Gasteiger partial charge < -0.3 is 15.3 Å². The van der Waals surface area contributed by atoms with Crippen LogP contribution in [0.15, 0.2) is 57.6 Å². The Morgan fingerprint density at radius 1 is 1.28 bits per heavy atom. The molecule has 0 aromatic heterocycles. The van der Waals surface area contributed by atoms with Crippen LogP contribution in [-0.2, 0) is 0 Å². The van der Waals surface area contributed by atoms with Crippen molar-refractivity contribution in [3.63, 3.8) is 0 Å². The van der Waals surface area contributed by atoms with Crippen LogP contribution in [0, 0.1) is 15.9 Å². The summed E-state index contributed by atoms with van der Waals surface area (Å²) in [6, 6.07) is 10.7. The van der Waals surface area contributed by atoms with Gasteiger partial charge in [-0.15, -0.1) is 0 Å².